The monoisotopic (exact) mass is 400 g/mol. The molecule has 0 aliphatic rings. The van der Waals surface area contributed by atoms with Gasteiger partial charge in [0.1, 0.15) is 11.4 Å². The first-order chi connectivity index (χ1) is 14.7. The summed E-state index contributed by atoms with van der Waals surface area (Å²) in [6, 6.07) is 16.4. The minimum absolute atomic E-state index is 0.861. The zero-order valence-electron chi connectivity index (χ0n) is 18.1. The van der Waals surface area contributed by atoms with Crippen molar-refractivity contribution in [3.05, 3.63) is 59.9 Å². The van der Waals surface area contributed by atoms with E-state index in [2.05, 4.69) is 61.7 Å². The predicted molar refractivity (Wildman–Crippen MR) is 124 cm³/mol. The zero-order chi connectivity index (χ0) is 21.1. The van der Waals surface area contributed by atoms with E-state index < -0.39 is 0 Å². The summed E-state index contributed by atoms with van der Waals surface area (Å²) in [4.78, 5) is 3.91. The van der Waals surface area contributed by atoms with Crippen LogP contribution < -0.4 is 10.0 Å². The lowest BCUT2D eigenvalue weighted by molar-refractivity contribution is 0.555. The van der Waals surface area contributed by atoms with Gasteiger partial charge in [-0.05, 0) is 63.8 Å². The van der Waals surface area contributed by atoms with Gasteiger partial charge >= 0.3 is 0 Å². The first kappa shape index (κ1) is 19.8. The van der Waals surface area contributed by atoms with E-state index in [0.717, 1.165) is 59.4 Å². The molecule has 0 radical (unpaired) electrons. The van der Waals surface area contributed by atoms with Crippen LogP contribution >= 0.6 is 0 Å². The lowest BCUT2D eigenvalue weighted by atomic mass is 10.2. The van der Waals surface area contributed by atoms with Gasteiger partial charge in [-0.3, -0.25) is 10.0 Å². The number of rotatable bonds is 6. The van der Waals surface area contributed by atoms with Crippen LogP contribution in [-0.4, -0.2) is 46.0 Å². The van der Waals surface area contributed by atoms with Crippen LogP contribution in [0.2, 0.25) is 0 Å². The van der Waals surface area contributed by atoms with Crippen molar-refractivity contribution in [3.8, 4) is 11.8 Å². The molecule has 4 rings (SSSR count). The summed E-state index contributed by atoms with van der Waals surface area (Å²) in [7, 11) is 0. The Balaban J connectivity index is 1.93. The van der Waals surface area contributed by atoms with E-state index in [1.54, 1.807) is 0 Å². The van der Waals surface area contributed by atoms with E-state index in [-0.39, 0.29) is 0 Å². The molecule has 0 saturated carbocycles. The van der Waals surface area contributed by atoms with E-state index in [1.165, 1.54) is 0 Å². The highest BCUT2D eigenvalue weighted by atomic mass is 15.7. The van der Waals surface area contributed by atoms with Crippen molar-refractivity contribution < 1.29 is 0 Å². The minimum atomic E-state index is 0.861. The third-order valence-corrected chi connectivity index (χ3v) is 5.42. The van der Waals surface area contributed by atoms with E-state index in [4.69, 9.17) is 10.2 Å². The molecule has 2 aromatic heterocycles. The Bertz CT molecular complexity index is 1120. The van der Waals surface area contributed by atoms with Gasteiger partial charge in [0.25, 0.3) is 0 Å². The number of nitrogens with zero attached hydrogens (tertiary/aromatic N) is 6. The molecule has 0 spiro atoms. The summed E-state index contributed by atoms with van der Waals surface area (Å²) in [6.45, 7) is 12.0. The van der Waals surface area contributed by atoms with Crippen molar-refractivity contribution in [1.29, 1.82) is 0 Å². The highest BCUT2D eigenvalue weighted by Gasteiger charge is 2.15. The Morgan fingerprint density at radius 2 is 1.00 bits per heavy atom. The van der Waals surface area contributed by atoms with Crippen LogP contribution in [0.3, 0.4) is 0 Å². The Morgan fingerprint density at radius 3 is 1.37 bits per heavy atom. The van der Waals surface area contributed by atoms with Gasteiger partial charge in [0.15, 0.2) is 0 Å². The maximum atomic E-state index is 4.81. The summed E-state index contributed by atoms with van der Waals surface area (Å²) in [5.74, 6) is 6.89. The molecule has 0 unspecified atom stereocenters. The number of hydrogen-bond acceptors (Lipinski definition) is 4. The average molecular weight is 401 g/mol. The molecule has 0 amide bonds. The van der Waals surface area contributed by atoms with Gasteiger partial charge in [-0.1, -0.05) is 24.3 Å². The maximum absolute atomic E-state index is 4.81. The predicted octanol–water partition coefficient (Wildman–Crippen LogP) is 3.74. The summed E-state index contributed by atoms with van der Waals surface area (Å²) >= 11 is 0. The van der Waals surface area contributed by atoms with Crippen LogP contribution in [-0.2, 0) is 0 Å². The van der Waals surface area contributed by atoms with Crippen LogP contribution in [0.5, 0.6) is 0 Å². The van der Waals surface area contributed by atoms with Gasteiger partial charge in [0.2, 0.25) is 0 Å². The normalized spacial score (nSPS) is 10.9. The second-order valence-corrected chi connectivity index (χ2v) is 7.04. The maximum Gasteiger partial charge on any atom is 0.143 e. The van der Waals surface area contributed by atoms with E-state index in [0.29, 0.717) is 0 Å². The summed E-state index contributed by atoms with van der Waals surface area (Å²) in [6.07, 6.45) is 0. The molecular formula is C24H28N6. The number of benzene rings is 2. The third kappa shape index (κ3) is 3.37. The standard InChI is InChI=1S/C24H28N6/c1-5-27(6-2)29-23(19-13-9-11-15-21(19)25-29)17-18-24-20-14-10-12-16-22(20)26-30(24)28(7-3)8-4/h9-16H,5-8H2,1-4H3. The van der Waals surface area contributed by atoms with E-state index in [9.17, 15) is 0 Å². The van der Waals surface area contributed by atoms with Crippen LogP contribution in [0.15, 0.2) is 48.5 Å². The molecule has 2 aromatic carbocycles. The Hall–Kier alpha value is -3.46. The molecule has 0 aliphatic carbocycles. The second kappa shape index (κ2) is 8.50. The van der Waals surface area contributed by atoms with E-state index in [1.807, 2.05) is 46.0 Å². The van der Waals surface area contributed by atoms with E-state index >= 15 is 0 Å². The fraction of sp³-hybridized carbons (Fsp3) is 0.333. The smallest absolute Gasteiger partial charge is 0.143 e. The third-order valence-electron chi connectivity index (χ3n) is 5.42. The topological polar surface area (TPSA) is 42.1 Å². The molecule has 4 aromatic rings. The SMILES string of the molecule is CCN(CC)n1nc2ccccc2c1C#Cc1c2ccccc2nn1N(CC)CC. The molecule has 6 heteroatoms. The first-order valence-corrected chi connectivity index (χ1v) is 10.7. The number of hydrogen-bond donors (Lipinski definition) is 0. The van der Waals surface area contributed by atoms with Crippen molar-refractivity contribution >= 4 is 21.8 Å². The minimum Gasteiger partial charge on any atom is -0.296 e. The Kier molecular flexibility index (Phi) is 5.62. The number of fused-ring (bicyclic) bond motifs is 2. The summed E-state index contributed by atoms with van der Waals surface area (Å²) in [5, 5.41) is 16.1. The van der Waals surface area contributed by atoms with Gasteiger partial charge in [-0.2, -0.15) is 19.8 Å². The molecule has 6 nitrogen and oxygen atoms in total. The summed E-state index contributed by atoms with van der Waals surface area (Å²) < 4.78 is 0. The van der Waals surface area contributed by atoms with Crippen molar-refractivity contribution in [3.63, 3.8) is 0 Å². The highest BCUT2D eigenvalue weighted by Crippen LogP contribution is 2.20. The first-order valence-electron chi connectivity index (χ1n) is 10.7. The molecule has 0 N–H and O–H groups in total. The molecule has 0 fully saturated rings. The summed E-state index contributed by atoms with van der Waals surface area (Å²) in [5.41, 5.74) is 3.72. The molecule has 2 heterocycles. The van der Waals surface area contributed by atoms with Gasteiger partial charge in [0, 0.05) is 37.0 Å². The Labute approximate surface area is 177 Å². The Morgan fingerprint density at radius 1 is 0.633 bits per heavy atom. The van der Waals surface area contributed by atoms with Crippen LogP contribution in [0.1, 0.15) is 39.1 Å². The number of aromatic nitrogens is 4. The lowest BCUT2D eigenvalue weighted by Crippen LogP contribution is -2.36. The lowest BCUT2D eigenvalue weighted by Gasteiger charge is -2.22. The largest absolute Gasteiger partial charge is 0.296 e. The zero-order valence-corrected chi connectivity index (χ0v) is 18.1. The van der Waals surface area contributed by atoms with Crippen LogP contribution in [0.4, 0.5) is 0 Å². The molecule has 30 heavy (non-hydrogen) atoms. The fourth-order valence-electron chi connectivity index (χ4n) is 3.79. The van der Waals surface area contributed by atoms with Gasteiger partial charge in [-0.15, -0.1) is 0 Å². The van der Waals surface area contributed by atoms with Crippen molar-refractivity contribution in [2.45, 2.75) is 27.7 Å². The van der Waals surface area contributed by atoms with Gasteiger partial charge < -0.3 is 0 Å². The van der Waals surface area contributed by atoms with Crippen molar-refractivity contribution in [1.82, 2.24) is 19.8 Å². The highest BCUT2D eigenvalue weighted by molar-refractivity contribution is 5.87. The van der Waals surface area contributed by atoms with Gasteiger partial charge in [0.05, 0.1) is 11.0 Å². The molecule has 0 aliphatic heterocycles. The van der Waals surface area contributed by atoms with Gasteiger partial charge in [-0.25, -0.2) is 0 Å². The second-order valence-electron chi connectivity index (χ2n) is 7.04. The molecule has 0 saturated heterocycles. The molecule has 0 atom stereocenters. The average Bonchev–Trinajstić information content (AvgIpc) is 3.32. The van der Waals surface area contributed by atoms with Crippen LogP contribution in [0, 0.1) is 11.8 Å². The quantitative estimate of drug-likeness (QED) is 0.463. The van der Waals surface area contributed by atoms with Crippen LogP contribution in [0.25, 0.3) is 21.8 Å². The molecule has 154 valence electrons. The fourth-order valence-corrected chi connectivity index (χ4v) is 3.79. The van der Waals surface area contributed by atoms with Crippen molar-refractivity contribution in [2.75, 3.05) is 36.2 Å². The molecular weight excluding hydrogens is 372 g/mol. The molecule has 0 bridgehead atoms. The van der Waals surface area contributed by atoms with Crippen molar-refractivity contribution in [2.24, 2.45) is 0 Å².